The summed E-state index contributed by atoms with van der Waals surface area (Å²) in [4.78, 5) is 3.50. The molecule has 3 aromatic rings. The van der Waals surface area contributed by atoms with Crippen LogP contribution in [-0.2, 0) is 16.3 Å². The number of phenolic OH excluding ortho intramolecular Hbond substituents is 2. The van der Waals surface area contributed by atoms with Crippen molar-refractivity contribution in [3.8, 4) is 11.5 Å². The van der Waals surface area contributed by atoms with Crippen molar-refractivity contribution in [3.63, 3.8) is 0 Å². The normalized spacial score (nSPS) is 12.8. The van der Waals surface area contributed by atoms with Crippen molar-refractivity contribution in [1.82, 2.24) is 0 Å². The molecule has 0 aliphatic heterocycles. The number of hydrogen-bond donors (Lipinski definition) is 2. The largest absolute Gasteiger partial charge is 0.508 e. The Labute approximate surface area is 158 Å². The van der Waals surface area contributed by atoms with Gasteiger partial charge in [0.1, 0.15) is 11.5 Å². The van der Waals surface area contributed by atoms with E-state index in [1.807, 2.05) is 31.2 Å². The predicted molar refractivity (Wildman–Crippen MR) is 108 cm³/mol. The smallest absolute Gasteiger partial charge is 0.167 e. The molecule has 3 heteroatoms. The Morgan fingerprint density at radius 1 is 0.692 bits per heavy atom. The SMILES string of the molecule is Cc1cc([S+](c2ccc(O)cc2)c2ccc(C(C)(C)C)cc2)ccc1O. The van der Waals surface area contributed by atoms with Gasteiger partial charge in [-0.1, -0.05) is 32.9 Å². The molecule has 3 aromatic carbocycles. The zero-order chi connectivity index (χ0) is 18.9. The Bertz CT molecular complexity index is 891. The Balaban J connectivity index is 2.11. The van der Waals surface area contributed by atoms with E-state index in [-0.39, 0.29) is 22.1 Å². The molecule has 134 valence electrons. The average molecular weight is 366 g/mol. The number of rotatable bonds is 3. The van der Waals surface area contributed by atoms with Crippen LogP contribution in [-0.4, -0.2) is 10.2 Å². The van der Waals surface area contributed by atoms with Crippen LogP contribution >= 0.6 is 0 Å². The minimum Gasteiger partial charge on any atom is -0.508 e. The van der Waals surface area contributed by atoms with E-state index in [1.54, 1.807) is 18.2 Å². The van der Waals surface area contributed by atoms with Gasteiger partial charge < -0.3 is 10.2 Å². The van der Waals surface area contributed by atoms with E-state index >= 15 is 0 Å². The van der Waals surface area contributed by atoms with Gasteiger partial charge >= 0.3 is 0 Å². The molecule has 0 fully saturated rings. The minimum atomic E-state index is -0.299. The Morgan fingerprint density at radius 2 is 1.19 bits per heavy atom. The zero-order valence-corrected chi connectivity index (χ0v) is 16.5. The van der Waals surface area contributed by atoms with Gasteiger partial charge in [-0.15, -0.1) is 0 Å². The molecule has 2 nitrogen and oxygen atoms in total. The zero-order valence-electron chi connectivity index (χ0n) is 15.7. The highest BCUT2D eigenvalue weighted by molar-refractivity contribution is 7.97. The molecule has 0 heterocycles. The number of aryl methyl sites for hydroxylation is 1. The van der Waals surface area contributed by atoms with Gasteiger partial charge in [-0.25, -0.2) is 0 Å². The van der Waals surface area contributed by atoms with Crippen molar-refractivity contribution in [1.29, 1.82) is 0 Å². The van der Waals surface area contributed by atoms with Crippen LogP contribution in [0.4, 0.5) is 0 Å². The van der Waals surface area contributed by atoms with E-state index in [2.05, 4.69) is 45.0 Å². The third-order valence-electron chi connectivity index (χ3n) is 4.43. The lowest BCUT2D eigenvalue weighted by Gasteiger charge is -2.19. The van der Waals surface area contributed by atoms with E-state index < -0.39 is 0 Å². The van der Waals surface area contributed by atoms with Crippen molar-refractivity contribution in [2.45, 2.75) is 47.8 Å². The fourth-order valence-electron chi connectivity index (χ4n) is 2.84. The average Bonchev–Trinajstić information content (AvgIpc) is 2.60. The molecule has 0 aliphatic carbocycles. The maximum atomic E-state index is 9.90. The molecule has 0 saturated heterocycles. The summed E-state index contributed by atoms with van der Waals surface area (Å²) in [5.74, 6) is 0.577. The molecule has 1 unspecified atom stereocenters. The van der Waals surface area contributed by atoms with Crippen LogP contribution in [0.5, 0.6) is 11.5 Å². The van der Waals surface area contributed by atoms with Gasteiger partial charge in [0.15, 0.2) is 14.7 Å². The first-order valence-electron chi connectivity index (χ1n) is 8.69. The maximum Gasteiger partial charge on any atom is 0.167 e. The summed E-state index contributed by atoms with van der Waals surface area (Å²) in [5.41, 5.74) is 2.28. The summed E-state index contributed by atoms with van der Waals surface area (Å²) in [6, 6.07) is 22.0. The van der Waals surface area contributed by atoms with E-state index in [1.165, 1.54) is 10.5 Å². The van der Waals surface area contributed by atoms with Crippen molar-refractivity contribution in [2.24, 2.45) is 0 Å². The van der Waals surface area contributed by atoms with Gasteiger partial charge in [0.2, 0.25) is 0 Å². The Hall–Kier alpha value is -2.39. The molecule has 1 atom stereocenters. The lowest BCUT2D eigenvalue weighted by Crippen LogP contribution is -2.11. The lowest BCUT2D eigenvalue weighted by atomic mass is 9.87. The summed E-state index contributed by atoms with van der Waals surface area (Å²) in [6.07, 6.45) is 0. The Morgan fingerprint density at radius 3 is 1.69 bits per heavy atom. The van der Waals surface area contributed by atoms with Crippen molar-refractivity contribution in [3.05, 3.63) is 77.9 Å². The minimum absolute atomic E-state index is 0.116. The van der Waals surface area contributed by atoms with Gasteiger partial charge in [-0.05, 0) is 72.0 Å². The van der Waals surface area contributed by atoms with Gasteiger partial charge in [-0.3, -0.25) is 0 Å². The molecule has 0 amide bonds. The van der Waals surface area contributed by atoms with E-state index in [0.29, 0.717) is 5.75 Å². The standard InChI is InChI=1S/C23H24O2S/c1-16-15-21(13-14-22(16)25)26(20-11-7-18(24)8-12-20)19-9-5-17(6-10-19)23(2,3)4/h5-15H,1-4H3,(H-,24,25)/p+1. The first-order chi connectivity index (χ1) is 12.3. The van der Waals surface area contributed by atoms with Gasteiger partial charge in [0.25, 0.3) is 0 Å². The third-order valence-corrected chi connectivity index (χ3v) is 6.64. The maximum absolute atomic E-state index is 9.90. The predicted octanol–water partition coefficient (Wildman–Crippen LogP) is 5.80. The quantitative estimate of drug-likeness (QED) is 0.576. The van der Waals surface area contributed by atoms with Crippen LogP contribution in [0.1, 0.15) is 31.9 Å². The molecule has 0 aliphatic rings. The first kappa shape index (κ1) is 18.4. The highest BCUT2D eigenvalue weighted by Crippen LogP contribution is 2.35. The number of phenols is 2. The van der Waals surface area contributed by atoms with Crippen molar-refractivity contribution >= 4 is 10.9 Å². The van der Waals surface area contributed by atoms with E-state index in [4.69, 9.17) is 0 Å². The van der Waals surface area contributed by atoms with Crippen LogP contribution in [0.3, 0.4) is 0 Å². The topological polar surface area (TPSA) is 40.5 Å². The third kappa shape index (κ3) is 3.88. The number of hydrogen-bond acceptors (Lipinski definition) is 2. The van der Waals surface area contributed by atoms with Crippen LogP contribution in [0.15, 0.2) is 81.4 Å². The second-order valence-electron chi connectivity index (χ2n) is 7.52. The second kappa shape index (κ2) is 7.08. The second-order valence-corrected chi connectivity index (χ2v) is 9.55. The molecular weight excluding hydrogens is 340 g/mol. The molecule has 0 bridgehead atoms. The fourth-order valence-corrected chi connectivity index (χ4v) is 4.97. The summed E-state index contributed by atoms with van der Waals surface area (Å²) in [7, 11) is -0.299. The first-order valence-corrected chi connectivity index (χ1v) is 9.92. The number of benzene rings is 3. The lowest BCUT2D eigenvalue weighted by molar-refractivity contribution is 0.470. The van der Waals surface area contributed by atoms with Crippen LogP contribution in [0.25, 0.3) is 0 Å². The molecule has 3 rings (SSSR count). The molecular formula is C23H25O2S+. The Kier molecular flexibility index (Phi) is 5.01. The number of aromatic hydroxyl groups is 2. The van der Waals surface area contributed by atoms with Gasteiger partial charge in [0, 0.05) is 6.07 Å². The summed E-state index contributed by atoms with van der Waals surface area (Å²) < 4.78 is 0. The van der Waals surface area contributed by atoms with E-state index in [9.17, 15) is 10.2 Å². The van der Waals surface area contributed by atoms with Gasteiger partial charge in [-0.2, -0.15) is 0 Å². The molecule has 0 spiro atoms. The van der Waals surface area contributed by atoms with Gasteiger partial charge in [0.05, 0.1) is 10.9 Å². The van der Waals surface area contributed by atoms with Crippen LogP contribution in [0.2, 0.25) is 0 Å². The monoisotopic (exact) mass is 365 g/mol. The highest BCUT2D eigenvalue weighted by atomic mass is 32.2. The summed E-state index contributed by atoms with van der Waals surface area (Å²) >= 11 is 0. The molecule has 2 N–H and O–H groups in total. The molecule has 0 radical (unpaired) electrons. The van der Waals surface area contributed by atoms with Crippen molar-refractivity contribution in [2.75, 3.05) is 0 Å². The van der Waals surface area contributed by atoms with Crippen molar-refractivity contribution < 1.29 is 10.2 Å². The summed E-state index contributed by atoms with van der Waals surface area (Å²) in [6.45, 7) is 8.56. The van der Waals surface area contributed by atoms with Crippen LogP contribution < -0.4 is 0 Å². The molecule has 0 aromatic heterocycles. The fraction of sp³-hybridized carbons (Fsp3) is 0.217. The molecule has 26 heavy (non-hydrogen) atoms. The highest BCUT2D eigenvalue weighted by Gasteiger charge is 2.29. The summed E-state index contributed by atoms with van der Waals surface area (Å²) in [5, 5.41) is 19.6. The van der Waals surface area contributed by atoms with E-state index in [0.717, 1.165) is 15.4 Å². The molecule has 0 saturated carbocycles. The van der Waals surface area contributed by atoms with Crippen LogP contribution in [0, 0.1) is 6.92 Å².